The van der Waals surface area contributed by atoms with E-state index in [0.29, 0.717) is 26.2 Å². The van der Waals surface area contributed by atoms with Gasteiger partial charge in [-0.1, -0.05) is 55.3 Å². The fourth-order valence-electron chi connectivity index (χ4n) is 7.07. The highest BCUT2D eigenvalue weighted by atomic mass is 32.2. The number of esters is 1. The van der Waals surface area contributed by atoms with Crippen molar-refractivity contribution in [3.05, 3.63) is 61.2 Å². The predicted octanol–water partition coefficient (Wildman–Crippen LogP) is 5.13. The van der Waals surface area contributed by atoms with E-state index in [2.05, 4.69) is 20.1 Å². The first-order valence-corrected chi connectivity index (χ1v) is 16.0. The van der Waals surface area contributed by atoms with Gasteiger partial charge in [0.1, 0.15) is 6.04 Å². The number of allylic oxidation sites excluding steroid dienone is 1. The third kappa shape index (κ3) is 6.43. The van der Waals surface area contributed by atoms with Crippen LogP contribution in [0.4, 0.5) is 0 Å². The van der Waals surface area contributed by atoms with Crippen LogP contribution in [0.25, 0.3) is 0 Å². The third-order valence-electron chi connectivity index (χ3n) is 9.00. The van der Waals surface area contributed by atoms with Gasteiger partial charge in [0, 0.05) is 31.0 Å². The Morgan fingerprint density at radius 1 is 1.10 bits per heavy atom. The van der Waals surface area contributed by atoms with Gasteiger partial charge in [0.05, 0.1) is 23.2 Å². The minimum Gasteiger partial charge on any atom is -0.465 e. The van der Waals surface area contributed by atoms with E-state index in [-0.39, 0.29) is 24.4 Å². The highest BCUT2D eigenvalue weighted by molar-refractivity contribution is 8.02. The maximum absolute atomic E-state index is 14.5. The highest BCUT2D eigenvalue weighted by Gasteiger charge is 2.77. The second-order valence-corrected chi connectivity index (χ2v) is 13.7. The molecule has 1 spiro atoms. The summed E-state index contributed by atoms with van der Waals surface area (Å²) in [6.07, 6.45) is 10.8. The van der Waals surface area contributed by atoms with Crippen molar-refractivity contribution >= 4 is 29.5 Å². The van der Waals surface area contributed by atoms with Gasteiger partial charge in [-0.15, -0.1) is 24.9 Å². The zero-order chi connectivity index (χ0) is 29.5. The van der Waals surface area contributed by atoms with Gasteiger partial charge in [-0.25, -0.2) is 0 Å². The Balaban J connectivity index is 1.62. The number of benzene rings is 1. The molecule has 3 aliphatic heterocycles. The van der Waals surface area contributed by atoms with Crippen LogP contribution in [-0.2, 0) is 25.7 Å². The summed E-state index contributed by atoms with van der Waals surface area (Å²) in [5, 5.41) is 9.18. The molecule has 3 aliphatic rings. The second kappa shape index (κ2) is 14.1. The lowest BCUT2D eigenvalue weighted by atomic mass is 9.66. The number of aliphatic hydroxyl groups excluding tert-OH is 1. The summed E-state index contributed by atoms with van der Waals surface area (Å²) in [4.78, 5) is 46.0. The van der Waals surface area contributed by atoms with Crippen molar-refractivity contribution in [1.82, 2.24) is 9.80 Å². The monoisotopic (exact) mass is 582 g/mol. The molecular weight excluding hydrogens is 536 g/mol. The molecule has 1 aromatic rings. The van der Waals surface area contributed by atoms with Gasteiger partial charge >= 0.3 is 5.97 Å². The van der Waals surface area contributed by atoms with Crippen LogP contribution in [0.3, 0.4) is 0 Å². The zero-order valence-corrected chi connectivity index (χ0v) is 25.3. The normalized spacial score (nSPS) is 28.0. The number of hydrogen-bond donors (Lipinski definition) is 1. The van der Waals surface area contributed by atoms with E-state index in [1.165, 1.54) is 0 Å². The molecule has 4 rings (SSSR count). The molecule has 7 nitrogen and oxygen atoms in total. The largest absolute Gasteiger partial charge is 0.465 e. The first-order chi connectivity index (χ1) is 19.8. The minimum atomic E-state index is -0.656. The van der Waals surface area contributed by atoms with Crippen LogP contribution >= 0.6 is 11.8 Å². The second-order valence-electron chi connectivity index (χ2n) is 11.8. The van der Waals surface area contributed by atoms with Gasteiger partial charge in [-0.2, -0.15) is 0 Å². The van der Waals surface area contributed by atoms with Crippen LogP contribution in [-0.4, -0.2) is 74.5 Å². The molecule has 224 valence electrons. The molecule has 5 atom stereocenters. The van der Waals surface area contributed by atoms with Crippen molar-refractivity contribution in [2.24, 2.45) is 11.8 Å². The summed E-state index contributed by atoms with van der Waals surface area (Å²) in [6, 6.07) is 9.23. The summed E-state index contributed by atoms with van der Waals surface area (Å²) >= 11 is 1.69. The average molecular weight is 583 g/mol. The van der Waals surface area contributed by atoms with E-state index in [0.717, 1.165) is 63.4 Å². The molecule has 3 fully saturated rings. The molecule has 0 saturated carbocycles. The Morgan fingerprint density at radius 3 is 2.56 bits per heavy atom. The summed E-state index contributed by atoms with van der Waals surface area (Å²) in [6.45, 7) is 11.5. The number of hydrogen-bond acceptors (Lipinski definition) is 6. The van der Waals surface area contributed by atoms with Gasteiger partial charge in [0.2, 0.25) is 11.8 Å². The number of amides is 2. The maximum Gasteiger partial charge on any atom is 0.311 e. The Hall–Kier alpha value is -2.58. The topological polar surface area (TPSA) is 87.1 Å². The molecule has 2 bridgehead atoms. The Kier molecular flexibility index (Phi) is 10.8. The minimum absolute atomic E-state index is 0.0739. The molecule has 2 amide bonds. The fourth-order valence-corrected chi connectivity index (χ4v) is 9.41. The van der Waals surface area contributed by atoms with E-state index in [9.17, 15) is 19.5 Å². The fraction of sp³-hybridized carbons (Fsp3) is 0.606. The Bertz CT molecular complexity index is 1100. The van der Waals surface area contributed by atoms with Gasteiger partial charge < -0.3 is 19.6 Å². The van der Waals surface area contributed by atoms with E-state index >= 15 is 0 Å². The molecule has 0 radical (unpaired) electrons. The number of carbonyl (C=O) groups is 3. The number of aliphatic hydroxyl groups is 1. The number of likely N-dealkylation sites (tertiary alicyclic amines) is 1. The van der Waals surface area contributed by atoms with Crippen LogP contribution in [0.2, 0.25) is 0 Å². The summed E-state index contributed by atoms with van der Waals surface area (Å²) in [7, 11) is 0. The van der Waals surface area contributed by atoms with Crippen LogP contribution in [0.15, 0.2) is 55.6 Å². The van der Waals surface area contributed by atoms with E-state index in [1.807, 2.05) is 36.4 Å². The van der Waals surface area contributed by atoms with Crippen molar-refractivity contribution in [3.8, 4) is 0 Å². The molecule has 3 saturated heterocycles. The third-order valence-corrected chi connectivity index (χ3v) is 11.0. The van der Waals surface area contributed by atoms with E-state index in [1.54, 1.807) is 27.6 Å². The lowest BCUT2D eigenvalue weighted by Gasteiger charge is -2.37. The van der Waals surface area contributed by atoms with Crippen LogP contribution < -0.4 is 0 Å². The standard InChI is InChI=1S/C33H46N2O5S/c1-4-6-7-15-23-40-31(39)27-26-29(37)35(21-13-8-9-14-22-36)28(33(26)19-18-32(27,3)41-33)30(38)34(20-5-2)24-25-16-11-10-12-17-25/h4-5,10-12,16-17,26-28,36H,1-2,6-9,13-15,18-24H2,3H3/t26-,27+,28?,32-,33?/m0/s1. The molecule has 8 heteroatoms. The average Bonchev–Trinajstić information content (AvgIpc) is 3.53. The molecule has 41 heavy (non-hydrogen) atoms. The van der Waals surface area contributed by atoms with E-state index < -0.39 is 27.4 Å². The molecule has 1 N–H and O–H groups in total. The molecule has 2 unspecified atom stereocenters. The van der Waals surface area contributed by atoms with E-state index in [4.69, 9.17) is 4.74 Å². The van der Waals surface area contributed by atoms with Crippen molar-refractivity contribution in [3.63, 3.8) is 0 Å². The van der Waals surface area contributed by atoms with Gasteiger partial charge in [0.15, 0.2) is 0 Å². The SMILES string of the molecule is C=CCCCCOC(=O)[C@H]1[C@H]2C(=O)N(CCCCCCO)C(C(=O)N(CC=C)Cc3ccccc3)C23CC[C@]1(C)S3. The van der Waals surface area contributed by atoms with Crippen molar-refractivity contribution in [2.75, 3.05) is 26.3 Å². The first-order valence-electron chi connectivity index (χ1n) is 15.2. The Morgan fingerprint density at radius 2 is 1.85 bits per heavy atom. The van der Waals surface area contributed by atoms with Crippen molar-refractivity contribution < 1.29 is 24.2 Å². The summed E-state index contributed by atoms with van der Waals surface area (Å²) in [5.41, 5.74) is 1.02. The highest BCUT2D eigenvalue weighted by Crippen LogP contribution is 2.71. The summed E-state index contributed by atoms with van der Waals surface area (Å²) < 4.78 is 4.68. The maximum atomic E-state index is 14.5. The Labute approximate surface area is 249 Å². The summed E-state index contributed by atoms with van der Waals surface area (Å²) in [5.74, 6) is -1.60. The number of unbranched alkanes of at least 4 members (excludes halogenated alkanes) is 5. The predicted molar refractivity (Wildman–Crippen MR) is 163 cm³/mol. The quantitative estimate of drug-likeness (QED) is 0.156. The molecule has 3 heterocycles. The number of ether oxygens (including phenoxy) is 1. The van der Waals surface area contributed by atoms with Gasteiger partial charge in [0.25, 0.3) is 0 Å². The first kappa shape index (κ1) is 31.4. The van der Waals surface area contributed by atoms with Gasteiger partial charge in [-0.3, -0.25) is 14.4 Å². The number of nitrogens with zero attached hydrogens (tertiary/aromatic N) is 2. The number of thioether (sulfide) groups is 1. The number of fused-ring (bicyclic) bond motifs is 1. The molecular formula is C33H46N2O5S. The van der Waals surface area contributed by atoms with Crippen molar-refractivity contribution in [2.45, 2.75) is 86.8 Å². The zero-order valence-electron chi connectivity index (χ0n) is 24.5. The number of rotatable bonds is 17. The lowest BCUT2D eigenvalue weighted by molar-refractivity contribution is -0.155. The lowest BCUT2D eigenvalue weighted by Crippen LogP contribution is -2.54. The van der Waals surface area contributed by atoms with Crippen LogP contribution in [0.1, 0.15) is 70.3 Å². The molecule has 1 aromatic carbocycles. The van der Waals surface area contributed by atoms with Gasteiger partial charge in [-0.05, 0) is 57.4 Å². The molecule has 0 aromatic heterocycles. The number of carbonyl (C=O) groups excluding carboxylic acids is 3. The molecule has 0 aliphatic carbocycles. The van der Waals surface area contributed by atoms with Crippen LogP contribution in [0, 0.1) is 11.8 Å². The van der Waals surface area contributed by atoms with Crippen LogP contribution in [0.5, 0.6) is 0 Å². The smallest absolute Gasteiger partial charge is 0.311 e. The van der Waals surface area contributed by atoms with Crippen molar-refractivity contribution in [1.29, 1.82) is 0 Å².